The molecule has 0 spiro atoms. The molecule has 3 heterocycles. The molecule has 1 aliphatic heterocycles. The minimum atomic E-state index is -2.04. The normalized spacial score (nSPS) is 31.9. The summed E-state index contributed by atoms with van der Waals surface area (Å²) in [6.07, 6.45) is -4.11. The summed E-state index contributed by atoms with van der Waals surface area (Å²) in [5.41, 5.74) is 9.35. The van der Waals surface area contributed by atoms with Crippen molar-refractivity contribution < 1.29 is 23.7 Å². The molecule has 11 heteroatoms. The van der Waals surface area contributed by atoms with E-state index >= 15 is 0 Å². The zero-order valence-electron chi connectivity index (χ0n) is 11.2. The number of ether oxygens (including phenoxy) is 1. The van der Waals surface area contributed by atoms with Gasteiger partial charge in [-0.2, -0.15) is 9.97 Å². The molecule has 0 bridgehead atoms. The smallest absolute Gasteiger partial charge is 0.224 e. The number of hydrogen-bond acceptors (Lipinski definition) is 8. The molecule has 120 valence electrons. The predicted octanol–water partition coefficient (Wildman–Crippen LogP) is -1.08. The van der Waals surface area contributed by atoms with Crippen LogP contribution in [0.1, 0.15) is 6.23 Å². The number of nitrogens with two attached hydrogens (primary N) is 2. The average Bonchev–Trinajstić information content (AvgIpc) is 3.01. The number of aliphatic hydroxyl groups excluding tert-OH is 2. The van der Waals surface area contributed by atoms with E-state index in [0.717, 1.165) is 4.57 Å². The molecule has 0 radical (unpaired) electrons. The molecule has 0 amide bonds. The van der Waals surface area contributed by atoms with Gasteiger partial charge in [-0.25, -0.2) is 13.8 Å². The first-order chi connectivity index (χ1) is 10.4. The van der Waals surface area contributed by atoms with Crippen LogP contribution in [0.5, 0.6) is 0 Å². The van der Waals surface area contributed by atoms with Crippen LogP contribution in [0.2, 0.25) is 0 Å². The molecule has 3 rings (SSSR count). The van der Waals surface area contributed by atoms with Gasteiger partial charge < -0.3 is 26.4 Å². The zero-order chi connectivity index (χ0) is 16.1. The van der Waals surface area contributed by atoms with Crippen molar-refractivity contribution in [3.63, 3.8) is 0 Å². The SMILES string of the molecule is Nc1nc(N)c2ncn([C@@H]3O[C@@](CO)(CF)[C@@H](O)[C@H]3F)c2n1. The quantitative estimate of drug-likeness (QED) is 0.559. The van der Waals surface area contributed by atoms with Crippen molar-refractivity contribution >= 4 is 22.9 Å². The predicted molar refractivity (Wildman–Crippen MR) is 71.0 cm³/mol. The largest absolute Gasteiger partial charge is 0.393 e. The lowest BCUT2D eigenvalue weighted by Crippen LogP contribution is -2.47. The van der Waals surface area contributed by atoms with E-state index in [1.54, 1.807) is 0 Å². The Labute approximate surface area is 122 Å². The van der Waals surface area contributed by atoms with Crippen molar-refractivity contribution in [3.8, 4) is 0 Å². The second-order valence-corrected chi connectivity index (χ2v) is 5.05. The van der Waals surface area contributed by atoms with Gasteiger partial charge in [0.25, 0.3) is 0 Å². The topological polar surface area (TPSA) is 145 Å². The minimum Gasteiger partial charge on any atom is -0.393 e. The van der Waals surface area contributed by atoms with Gasteiger partial charge in [-0.15, -0.1) is 0 Å². The Kier molecular flexibility index (Phi) is 3.34. The van der Waals surface area contributed by atoms with Crippen molar-refractivity contribution in [2.45, 2.75) is 24.1 Å². The molecule has 1 aliphatic rings. The van der Waals surface area contributed by atoms with Gasteiger partial charge in [-0.1, -0.05) is 0 Å². The van der Waals surface area contributed by atoms with Crippen LogP contribution in [0.15, 0.2) is 6.33 Å². The fourth-order valence-electron chi connectivity index (χ4n) is 2.46. The maximum Gasteiger partial charge on any atom is 0.224 e. The number of nitrogens with zero attached hydrogens (tertiary/aromatic N) is 4. The van der Waals surface area contributed by atoms with Crippen molar-refractivity contribution in [2.75, 3.05) is 24.7 Å². The second kappa shape index (κ2) is 4.97. The van der Waals surface area contributed by atoms with E-state index in [9.17, 15) is 19.0 Å². The number of nitrogen functional groups attached to an aromatic ring is 2. The van der Waals surface area contributed by atoms with Crippen LogP contribution in [-0.4, -0.2) is 60.9 Å². The van der Waals surface area contributed by atoms with E-state index in [1.807, 2.05) is 0 Å². The van der Waals surface area contributed by atoms with Gasteiger partial charge in [0.05, 0.1) is 12.9 Å². The number of fused-ring (bicyclic) bond motifs is 1. The molecule has 22 heavy (non-hydrogen) atoms. The minimum absolute atomic E-state index is 0.00545. The molecule has 0 aromatic carbocycles. The lowest BCUT2D eigenvalue weighted by molar-refractivity contribution is -0.136. The molecule has 4 atom stereocenters. The Bertz CT molecular complexity index is 706. The number of rotatable bonds is 3. The highest BCUT2D eigenvalue weighted by Gasteiger charge is 2.56. The molecule has 2 aromatic rings. The molecule has 9 nitrogen and oxygen atoms in total. The van der Waals surface area contributed by atoms with Crippen molar-refractivity contribution in [1.82, 2.24) is 19.5 Å². The third kappa shape index (κ3) is 1.90. The number of aromatic nitrogens is 4. The summed E-state index contributed by atoms with van der Waals surface area (Å²) in [6.45, 7) is -2.14. The lowest BCUT2D eigenvalue weighted by atomic mass is 9.98. The summed E-state index contributed by atoms with van der Waals surface area (Å²) < 4.78 is 33.8. The first-order valence-electron chi connectivity index (χ1n) is 6.36. The third-order valence-corrected chi connectivity index (χ3v) is 3.70. The first kappa shape index (κ1) is 14.8. The van der Waals surface area contributed by atoms with Crippen molar-refractivity contribution in [2.24, 2.45) is 0 Å². The number of anilines is 2. The Hall–Kier alpha value is -2.11. The third-order valence-electron chi connectivity index (χ3n) is 3.70. The zero-order valence-corrected chi connectivity index (χ0v) is 11.2. The summed E-state index contributed by atoms with van der Waals surface area (Å²) in [5, 5.41) is 19.1. The molecule has 0 saturated carbocycles. The maximum atomic E-state index is 14.3. The number of aliphatic hydroxyl groups is 2. The summed E-state index contributed by atoms with van der Waals surface area (Å²) in [7, 11) is 0. The van der Waals surface area contributed by atoms with Crippen molar-refractivity contribution in [1.29, 1.82) is 0 Å². The van der Waals surface area contributed by atoms with Gasteiger partial charge in [-0.05, 0) is 0 Å². The van der Waals surface area contributed by atoms with Crippen molar-refractivity contribution in [3.05, 3.63) is 6.33 Å². The van der Waals surface area contributed by atoms with Crippen LogP contribution in [0.3, 0.4) is 0 Å². The van der Waals surface area contributed by atoms with E-state index in [-0.39, 0.29) is 22.9 Å². The summed E-state index contributed by atoms with van der Waals surface area (Å²) in [5.74, 6) is -0.159. The summed E-state index contributed by atoms with van der Waals surface area (Å²) in [4.78, 5) is 11.6. The van der Waals surface area contributed by atoms with E-state index in [2.05, 4.69) is 15.0 Å². The van der Waals surface area contributed by atoms with Gasteiger partial charge in [0, 0.05) is 0 Å². The fraction of sp³-hybridized carbons (Fsp3) is 0.545. The Morgan fingerprint density at radius 3 is 2.73 bits per heavy atom. The monoisotopic (exact) mass is 316 g/mol. The highest BCUT2D eigenvalue weighted by molar-refractivity contribution is 5.82. The highest BCUT2D eigenvalue weighted by atomic mass is 19.1. The molecule has 2 aromatic heterocycles. The van der Waals surface area contributed by atoms with Crippen LogP contribution < -0.4 is 11.5 Å². The van der Waals surface area contributed by atoms with Gasteiger partial charge in [0.15, 0.2) is 29.5 Å². The van der Waals surface area contributed by atoms with Gasteiger partial charge >= 0.3 is 0 Å². The van der Waals surface area contributed by atoms with Crippen LogP contribution in [0.25, 0.3) is 11.2 Å². The molecular weight excluding hydrogens is 302 g/mol. The van der Waals surface area contributed by atoms with Crippen LogP contribution >= 0.6 is 0 Å². The lowest BCUT2D eigenvalue weighted by Gasteiger charge is -2.25. The number of imidazole rings is 1. The number of alkyl halides is 2. The number of hydrogen-bond donors (Lipinski definition) is 4. The first-order valence-corrected chi connectivity index (χ1v) is 6.36. The van der Waals surface area contributed by atoms with Gasteiger partial charge in [0.1, 0.15) is 18.3 Å². The maximum absolute atomic E-state index is 14.3. The standard InChI is InChI=1S/C11H14F2N6O3/c12-1-11(2-20)6(21)4(13)9(22-11)19-3-16-5-7(14)17-10(15)18-8(5)19/h3-4,6,9,20-21H,1-2H2,(H4,14,15,17,18)/t4-,6+,9-,11-/m1/s1. The molecule has 0 unspecified atom stereocenters. The Morgan fingerprint density at radius 2 is 2.14 bits per heavy atom. The summed E-state index contributed by atoms with van der Waals surface area (Å²) in [6, 6.07) is 0. The van der Waals surface area contributed by atoms with Gasteiger partial charge in [0.2, 0.25) is 5.95 Å². The van der Waals surface area contributed by atoms with Gasteiger partial charge in [-0.3, -0.25) is 4.57 Å². The van der Waals surface area contributed by atoms with Crippen LogP contribution in [0.4, 0.5) is 20.5 Å². The van der Waals surface area contributed by atoms with Crippen LogP contribution in [0, 0.1) is 0 Å². The molecule has 1 saturated heterocycles. The molecule has 6 N–H and O–H groups in total. The van der Waals surface area contributed by atoms with E-state index in [1.165, 1.54) is 6.33 Å². The Morgan fingerprint density at radius 1 is 1.41 bits per heavy atom. The van der Waals surface area contributed by atoms with E-state index < -0.39 is 37.4 Å². The highest BCUT2D eigenvalue weighted by Crippen LogP contribution is 2.40. The Balaban J connectivity index is 2.09. The van der Waals surface area contributed by atoms with E-state index in [0.29, 0.717) is 0 Å². The summed E-state index contributed by atoms with van der Waals surface area (Å²) >= 11 is 0. The molecule has 0 aliphatic carbocycles. The number of halogens is 2. The second-order valence-electron chi connectivity index (χ2n) is 5.05. The fourth-order valence-corrected chi connectivity index (χ4v) is 2.46. The van der Waals surface area contributed by atoms with E-state index in [4.69, 9.17) is 16.2 Å². The molecular formula is C11H14F2N6O3. The van der Waals surface area contributed by atoms with Crippen LogP contribution in [-0.2, 0) is 4.74 Å². The molecule has 1 fully saturated rings. The average molecular weight is 316 g/mol.